The monoisotopic (exact) mass is 298 g/mol. The van der Waals surface area contributed by atoms with Gasteiger partial charge in [0.15, 0.2) is 0 Å². The largest absolute Gasteiger partial charge is 0.384 e. The number of aromatic nitrogens is 2. The molecule has 120 valence electrons. The number of rotatable bonds is 8. The van der Waals surface area contributed by atoms with Crippen molar-refractivity contribution in [2.24, 2.45) is 13.0 Å². The number of methoxy groups -OCH3 is 1. The van der Waals surface area contributed by atoms with Gasteiger partial charge in [-0.2, -0.15) is 0 Å². The quantitative estimate of drug-likeness (QED) is 0.734. The van der Waals surface area contributed by atoms with E-state index in [1.54, 1.807) is 7.11 Å². The molecule has 3 N–H and O–H groups in total. The summed E-state index contributed by atoms with van der Waals surface area (Å²) >= 11 is 0. The number of ether oxygens (including phenoxy) is 1. The lowest BCUT2D eigenvalue weighted by molar-refractivity contribution is 0.164. The average molecular weight is 298 g/mol. The van der Waals surface area contributed by atoms with Crippen molar-refractivity contribution in [3.63, 3.8) is 0 Å². The highest BCUT2D eigenvalue weighted by Gasteiger charge is 2.15. The van der Waals surface area contributed by atoms with Crippen LogP contribution in [-0.2, 0) is 18.3 Å². The Morgan fingerprint density at radius 3 is 2.62 bits per heavy atom. The zero-order valence-corrected chi connectivity index (χ0v) is 13.3. The third-order valence-corrected chi connectivity index (χ3v) is 3.40. The minimum absolute atomic E-state index is 0.209. The normalized spacial score (nSPS) is 12.4. The Morgan fingerprint density at radius 1 is 1.38 bits per heavy atom. The van der Waals surface area contributed by atoms with Gasteiger partial charge in [-0.15, -0.1) is 0 Å². The minimum Gasteiger partial charge on any atom is -0.384 e. The fraction of sp³-hybridized carbons (Fsp3) is 0.714. The molecule has 1 aromatic heterocycles. The molecule has 1 aromatic rings. The molecule has 0 fully saturated rings. The first-order valence-electron chi connectivity index (χ1n) is 7.26. The third-order valence-electron chi connectivity index (χ3n) is 3.40. The second kappa shape index (κ2) is 7.87. The SMILES string of the molecule is CCCCn1c(N)c(NCC(C)COC)c(=O)n(C)c1=O. The summed E-state index contributed by atoms with van der Waals surface area (Å²) < 4.78 is 7.61. The van der Waals surface area contributed by atoms with Gasteiger partial charge in [0.2, 0.25) is 0 Å². The molecular formula is C14H26N4O3. The second-order valence-corrected chi connectivity index (χ2v) is 5.35. The Bertz CT molecular complexity index is 577. The topological polar surface area (TPSA) is 91.3 Å². The van der Waals surface area contributed by atoms with Crippen LogP contribution in [0.3, 0.4) is 0 Å². The predicted octanol–water partition coefficient (Wildman–Crippen LogP) is 0.624. The van der Waals surface area contributed by atoms with Crippen molar-refractivity contribution in [1.82, 2.24) is 9.13 Å². The van der Waals surface area contributed by atoms with E-state index >= 15 is 0 Å². The molecule has 0 aliphatic rings. The lowest BCUT2D eigenvalue weighted by atomic mass is 10.2. The van der Waals surface area contributed by atoms with Crippen LogP contribution in [-0.4, -0.2) is 29.4 Å². The van der Waals surface area contributed by atoms with Crippen molar-refractivity contribution in [3.05, 3.63) is 20.8 Å². The first-order valence-corrected chi connectivity index (χ1v) is 7.26. The Labute approximate surface area is 124 Å². The number of hydrogen-bond acceptors (Lipinski definition) is 5. The van der Waals surface area contributed by atoms with E-state index in [-0.39, 0.29) is 23.1 Å². The maximum Gasteiger partial charge on any atom is 0.332 e. The molecule has 1 unspecified atom stereocenters. The van der Waals surface area contributed by atoms with Crippen LogP contribution in [0.1, 0.15) is 26.7 Å². The standard InChI is InChI=1S/C14H26N4O3/c1-5-6-7-18-12(15)11(13(19)17(3)14(18)20)16-8-10(2)9-21-4/h10,16H,5-9,15H2,1-4H3. The Morgan fingerprint density at radius 2 is 2.05 bits per heavy atom. The van der Waals surface area contributed by atoms with Crippen LogP contribution in [0.2, 0.25) is 0 Å². The summed E-state index contributed by atoms with van der Waals surface area (Å²) in [7, 11) is 3.10. The van der Waals surface area contributed by atoms with Crippen molar-refractivity contribution in [1.29, 1.82) is 0 Å². The molecule has 1 heterocycles. The highest BCUT2D eigenvalue weighted by atomic mass is 16.5. The van der Waals surface area contributed by atoms with Crippen LogP contribution in [0.5, 0.6) is 0 Å². The van der Waals surface area contributed by atoms with E-state index in [0.717, 1.165) is 17.4 Å². The van der Waals surface area contributed by atoms with Gasteiger partial charge in [-0.05, 0) is 12.3 Å². The fourth-order valence-corrected chi connectivity index (χ4v) is 2.10. The van der Waals surface area contributed by atoms with Crippen molar-refractivity contribution in [2.75, 3.05) is 31.3 Å². The van der Waals surface area contributed by atoms with E-state index < -0.39 is 5.56 Å². The molecular weight excluding hydrogens is 272 g/mol. The van der Waals surface area contributed by atoms with Gasteiger partial charge in [-0.1, -0.05) is 20.3 Å². The summed E-state index contributed by atoms with van der Waals surface area (Å²) in [4.78, 5) is 24.3. The first kappa shape index (κ1) is 17.3. The smallest absolute Gasteiger partial charge is 0.332 e. The van der Waals surface area contributed by atoms with Crippen LogP contribution in [0.4, 0.5) is 11.5 Å². The van der Waals surface area contributed by atoms with E-state index in [1.165, 1.54) is 11.6 Å². The molecule has 0 bridgehead atoms. The first-order chi connectivity index (χ1) is 9.93. The molecule has 0 aromatic carbocycles. The summed E-state index contributed by atoms with van der Waals surface area (Å²) in [5.41, 5.74) is 5.53. The van der Waals surface area contributed by atoms with Crippen LogP contribution in [0.25, 0.3) is 0 Å². The molecule has 0 spiro atoms. The molecule has 0 amide bonds. The number of nitrogens with two attached hydrogens (primary N) is 1. The van der Waals surface area contributed by atoms with Crippen LogP contribution >= 0.6 is 0 Å². The van der Waals surface area contributed by atoms with Gasteiger partial charge in [-0.25, -0.2) is 4.79 Å². The summed E-state index contributed by atoms with van der Waals surface area (Å²) in [6, 6.07) is 0. The van der Waals surface area contributed by atoms with Gasteiger partial charge in [0.1, 0.15) is 11.5 Å². The average Bonchev–Trinajstić information content (AvgIpc) is 2.45. The molecule has 0 aliphatic heterocycles. The van der Waals surface area contributed by atoms with Gasteiger partial charge in [0, 0.05) is 27.2 Å². The zero-order chi connectivity index (χ0) is 16.0. The maximum atomic E-state index is 12.2. The van der Waals surface area contributed by atoms with E-state index in [1.807, 2.05) is 13.8 Å². The highest BCUT2D eigenvalue weighted by Crippen LogP contribution is 2.12. The van der Waals surface area contributed by atoms with Crippen LogP contribution in [0.15, 0.2) is 9.59 Å². The Balaban J connectivity index is 3.11. The fourth-order valence-electron chi connectivity index (χ4n) is 2.10. The van der Waals surface area contributed by atoms with Gasteiger partial charge >= 0.3 is 5.69 Å². The van der Waals surface area contributed by atoms with Crippen molar-refractivity contribution >= 4 is 11.5 Å². The van der Waals surface area contributed by atoms with E-state index in [9.17, 15) is 9.59 Å². The van der Waals surface area contributed by atoms with Gasteiger partial charge in [0.25, 0.3) is 5.56 Å². The number of nitrogen functional groups attached to an aromatic ring is 1. The Hall–Kier alpha value is -1.76. The van der Waals surface area contributed by atoms with E-state index in [0.29, 0.717) is 19.7 Å². The lowest BCUT2D eigenvalue weighted by Crippen LogP contribution is -2.41. The molecule has 1 atom stereocenters. The zero-order valence-electron chi connectivity index (χ0n) is 13.3. The van der Waals surface area contributed by atoms with Crippen molar-refractivity contribution < 1.29 is 4.74 Å². The van der Waals surface area contributed by atoms with E-state index in [4.69, 9.17) is 10.5 Å². The van der Waals surface area contributed by atoms with Crippen LogP contribution in [0, 0.1) is 5.92 Å². The van der Waals surface area contributed by atoms with Gasteiger partial charge in [-0.3, -0.25) is 13.9 Å². The number of nitrogens with zero attached hydrogens (tertiary/aromatic N) is 2. The Kier molecular flexibility index (Phi) is 6.48. The van der Waals surface area contributed by atoms with E-state index in [2.05, 4.69) is 5.32 Å². The second-order valence-electron chi connectivity index (χ2n) is 5.35. The maximum absolute atomic E-state index is 12.2. The molecule has 7 nitrogen and oxygen atoms in total. The summed E-state index contributed by atoms with van der Waals surface area (Å²) in [5.74, 6) is 0.441. The molecule has 0 saturated heterocycles. The number of anilines is 2. The summed E-state index contributed by atoms with van der Waals surface area (Å²) in [5, 5.41) is 3.05. The number of hydrogen-bond donors (Lipinski definition) is 2. The van der Waals surface area contributed by atoms with Crippen molar-refractivity contribution in [3.8, 4) is 0 Å². The number of unbranched alkanes of at least 4 members (excludes halogenated alkanes) is 1. The molecule has 21 heavy (non-hydrogen) atoms. The third kappa shape index (κ3) is 4.10. The predicted molar refractivity (Wildman–Crippen MR) is 84.8 cm³/mol. The minimum atomic E-state index is -0.394. The molecule has 0 saturated carbocycles. The summed E-state index contributed by atoms with van der Waals surface area (Å²) in [6.45, 7) is 5.69. The van der Waals surface area contributed by atoms with Gasteiger partial charge < -0.3 is 15.8 Å². The van der Waals surface area contributed by atoms with Crippen LogP contribution < -0.4 is 22.3 Å². The summed E-state index contributed by atoms with van der Waals surface area (Å²) in [6.07, 6.45) is 1.78. The van der Waals surface area contributed by atoms with Gasteiger partial charge in [0.05, 0.1) is 6.61 Å². The highest BCUT2D eigenvalue weighted by molar-refractivity contribution is 5.60. The van der Waals surface area contributed by atoms with Crippen molar-refractivity contribution in [2.45, 2.75) is 33.2 Å². The molecule has 0 aliphatic carbocycles. The molecule has 0 radical (unpaired) electrons. The molecule has 7 heteroatoms. The lowest BCUT2D eigenvalue weighted by Gasteiger charge is -2.17. The molecule has 1 rings (SSSR count). The number of nitrogens with one attached hydrogen (secondary N) is 1.